The van der Waals surface area contributed by atoms with Crippen LogP contribution in [-0.2, 0) is 4.79 Å². The zero-order chi connectivity index (χ0) is 19.4. The molecular formula is C19H20FN3O3S. The molecule has 0 bridgehead atoms. The summed E-state index contributed by atoms with van der Waals surface area (Å²) in [5, 5.41) is 5.71. The quantitative estimate of drug-likeness (QED) is 0.731. The molecule has 142 valence electrons. The lowest BCUT2D eigenvalue weighted by Gasteiger charge is -2.26. The van der Waals surface area contributed by atoms with Crippen LogP contribution >= 0.6 is 11.8 Å². The van der Waals surface area contributed by atoms with E-state index in [0.29, 0.717) is 16.3 Å². The van der Waals surface area contributed by atoms with E-state index in [2.05, 4.69) is 10.6 Å². The number of rotatable bonds is 5. The number of amides is 3. The number of carbonyl (C=O) groups is 2. The molecule has 3 amide bonds. The number of nitrogens with two attached hydrogens (primary N) is 1. The smallest absolute Gasteiger partial charge is 0.319 e. The number of urea groups is 1. The SMILES string of the molecule is Cc1cc(OCC(N)=O)ccc1NC(=O)N[C@H]1CCSc2c(F)cccc21. The molecular weight excluding hydrogens is 369 g/mol. The van der Waals surface area contributed by atoms with Crippen molar-refractivity contribution >= 4 is 29.4 Å². The van der Waals surface area contributed by atoms with E-state index < -0.39 is 5.91 Å². The zero-order valence-electron chi connectivity index (χ0n) is 14.8. The number of benzene rings is 2. The standard InChI is InChI=1S/C19H20FN3O3S/c1-11-9-12(26-10-17(21)24)5-6-15(11)22-19(25)23-16-7-8-27-18-13(16)3-2-4-14(18)20/h2-6,9,16H,7-8,10H2,1H3,(H2,21,24)(H2,22,23,25)/t16-/m0/s1. The molecule has 4 N–H and O–H groups in total. The van der Waals surface area contributed by atoms with E-state index >= 15 is 0 Å². The summed E-state index contributed by atoms with van der Waals surface area (Å²) < 4.78 is 19.2. The molecule has 1 aliphatic heterocycles. The topological polar surface area (TPSA) is 93.4 Å². The number of hydrogen-bond acceptors (Lipinski definition) is 4. The average molecular weight is 389 g/mol. The predicted molar refractivity (Wildman–Crippen MR) is 103 cm³/mol. The van der Waals surface area contributed by atoms with Crippen LogP contribution in [0.25, 0.3) is 0 Å². The molecule has 0 spiro atoms. The summed E-state index contributed by atoms with van der Waals surface area (Å²) in [4.78, 5) is 23.8. The first-order valence-corrected chi connectivity index (χ1v) is 9.43. The number of halogens is 1. The molecule has 0 saturated heterocycles. The molecule has 3 rings (SSSR count). The Morgan fingerprint density at radius 1 is 1.33 bits per heavy atom. The number of carbonyl (C=O) groups excluding carboxylic acids is 2. The van der Waals surface area contributed by atoms with Crippen molar-refractivity contribution < 1.29 is 18.7 Å². The molecule has 0 radical (unpaired) electrons. The van der Waals surface area contributed by atoms with Gasteiger partial charge in [0.2, 0.25) is 0 Å². The lowest BCUT2D eigenvalue weighted by molar-refractivity contribution is -0.119. The summed E-state index contributed by atoms with van der Waals surface area (Å²) in [6.07, 6.45) is 0.730. The van der Waals surface area contributed by atoms with Gasteiger partial charge in [-0.15, -0.1) is 11.8 Å². The second-order valence-corrected chi connectivity index (χ2v) is 7.28. The Kier molecular flexibility index (Phi) is 5.85. The van der Waals surface area contributed by atoms with Crippen molar-refractivity contribution in [3.8, 4) is 5.75 Å². The van der Waals surface area contributed by atoms with E-state index in [4.69, 9.17) is 10.5 Å². The Balaban J connectivity index is 1.65. The number of ether oxygens (including phenoxy) is 1. The van der Waals surface area contributed by atoms with Gasteiger partial charge in [0.15, 0.2) is 6.61 Å². The predicted octanol–water partition coefficient (Wildman–Crippen LogP) is 3.36. The Morgan fingerprint density at radius 3 is 2.89 bits per heavy atom. The molecule has 1 atom stereocenters. The van der Waals surface area contributed by atoms with Crippen LogP contribution in [0.5, 0.6) is 5.75 Å². The van der Waals surface area contributed by atoms with E-state index in [1.165, 1.54) is 17.8 Å². The third kappa shape index (κ3) is 4.71. The average Bonchev–Trinajstić information content (AvgIpc) is 2.63. The maximum Gasteiger partial charge on any atom is 0.319 e. The van der Waals surface area contributed by atoms with Crippen LogP contribution in [0.2, 0.25) is 0 Å². The fourth-order valence-electron chi connectivity index (χ4n) is 2.87. The van der Waals surface area contributed by atoms with Gasteiger partial charge in [0.1, 0.15) is 11.6 Å². The summed E-state index contributed by atoms with van der Waals surface area (Å²) in [7, 11) is 0. The van der Waals surface area contributed by atoms with Gasteiger partial charge in [-0.3, -0.25) is 4.79 Å². The third-order valence-electron chi connectivity index (χ3n) is 4.16. The van der Waals surface area contributed by atoms with Crippen LogP contribution in [0.15, 0.2) is 41.3 Å². The van der Waals surface area contributed by atoms with Crippen LogP contribution in [0.4, 0.5) is 14.9 Å². The fraction of sp³-hybridized carbons (Fsp3) is 0.263. The molecule has 1 heterocycles. The molecule has 2 aromatic carbocycles. The number of nitrogens with one attached hydrogen (secondary N) is 2. The van der Waals surface area contributed by atoms with Gasteiger partial charge in [-0.1, -0.05) is 12.1 Å². The van der Waals surface area contributed by atoms with Crippen molar-refractivity contribution in [3.05, 3.63) is 53.3 Å². The van der Waals surface area contributed by atoms with Crippen molar-refractivity contribution in [3.63, 3.8) is 0 Å². The van der Waals surface area contributed by atoms with E-state index in [-0.39, 0.29) is 24.5 Å². The van der Waals surface area contributed by atoms with Crippen molar-refractivity contribution in [1.82, 2.24) is 5.32 Å². The van der Waals surface area contributed by atoms with Crippen molar-refractivity contribution in [2.45, 2.75) is 24.3 Å². The van der Waals surface area contributed by atoms with Gasteiger partial charge in [0, 0.05) is 16.3 Å². The van der Waals surface area contributed by atoms with Gasteiger partial charge in [-0.2, -0.15) is 0 Å². The first-order chi connectivity index (χ1) is 12.9. The number of thioether (sulfide) groups is 1. The highest BCUT2D eigenvalue weighted by Gasteiger charge is 2.24. The van der Waals surface area contributed by atoms with E-state index in [1.54, 1.807) is 24.3 Å². The Hall–Kier alpha value is -2.74. The maximum atomic E-state index is 13.9. The highest BCUT2D eigenvalue weighted by Crippen LogP contribution is 2.37. The van der Waals surface area contributed by atoms with E-state index in [1.807, 2.05) is 13.0 Å². The lowest BCUT2D eigenvalue weighted by atomic mass is 10.0. The van der Waals surface area contributed by atoms with Crippen LogP contribution in [0.1, 0.15) is 23.6 Å². The van der Waals surface area contributed by atoms with Crippen LogP contribution in [-0.4, -0.2) is 24.3 Å². The summed E-state index contributed by atoms with van der Waals surface area (Å²) in [5.74, 6) is 0.415. The molecule has 0 saturated carbocycles. The molecule has 0 fully saturated rings. The zero-order valence-corrected chi connectivity index (χ0v) is 15.6. The molecule has 0 aliphatic carbocycles. The number of aryl methyl sites for hydroxylation is 1. The number of hydrogen-bond donors (Lipinski definition) is 3. The number of anilines is 1. The molecule has 6 nitrogen and oxygen atoms in total. The van der Waals surface area contributed by atoms with Gasteiger partial charge in [0.05, 0.1) is 6.04 Å². The summed E-state index contributed by atoms with van der Waals surface area (Å²) in [6.45, 7) is 1.61. The fourth-order valence-corrected chi connectivity index (χ4v) is 4.01. The maximum absolute atomic E-state index is 13.9. The second kappa shape index (κ2) is 8.30. The van der Waals surface area contributed by atoms with Crippen LogP contribution in [0, 0.1) is 12.7 Å². The number of fused-ring (bicyclic) bond motifs is 1. The first-order valence-electron chi connectivity index (χ1n) is 8.44. The van der Waals surface area contributed by atoms with Gasteiger partial charge in [-0.25, -0.2) is 9.18 Å². The first kappa shape index (κ1) is 19.0. The Bertz CT molecular complexity index is 875. The minimum Gasteiger partial charge on any atom is -0.484 e. The van der Waals surface area contributed by atoms with Crippen molar-refractivity contribution in [2.24, 2.45) is 5.73 Å². The minimum atomic E-state index is -0.559. The Morgan fingerprint density at radius 2 is 2.15 bits per heavy atom. The van der Waals surface area contributed by atoms with E-state index in [9.17, 15) is 14.0 Å². The van der Waals surface area contributed by atoms with Crippen LogP contribution < -0.4 is 21.1 Å². The highest BCUT2D eigenvalue weighted by atomic mass is 32.2. The van der Waals surface area contributed by atoms with Crippen molar-refractivity contribution in [2.75, 3.05) is 17.7 Å². The summed E-state index contributed by atoms with van der Waals surface area (Å²) in [6, 6.07) is 9.36. The van der Waals surface area contributed by atoms with Gasteiger partial charge in [-0.05, 0) is 48.7 Å². The molecule has 8 heteroatoms. The normalized spacial score (nSPS) is 15.6. The molecule has 27 heavy (non-hydrogen) atoms. The largest absolute Gasteiger partial charge is 0.484 e. The van der Waals surface area contributed by atoms with Gasteiger partial charge < -0.3 is 21.1 Å². The molecule has 0 unspecified atom stereocenters. The Labute approximate surface area is 160 Å². The minimum absolute atomic E-state index is 0.206. The summed E-state index contributed by atoms with van der Waals surface area (Å²) in [5.41, 5.74) is 7.24. The monoisotopic (exact) mass is 389 g/mol. The van der Waals surface area contributed by atoms with Gasteiger partial charge >= 0.3 is 6.03 Å². The molecule has 1 aliphatic rings. The van der Waals surface area contributed by atoms with E-state index in [0.717, 1.165) is 23.3 Å². The lowest BCUT2D eigenvalue weighted by Crippen LogP contribution is -2.34. The van der Waals surface area contributed by atoms with Crippen LogP contribution in [0.3, 0.4) is 0 Å². The number of primary amides is 1. The summed E-state index contributed by atoms with van der Waals surface area (Å²) >= 11 is 1.47. The molecule has 0 aromatic heterocycles. The highest BCUT2D eigenvalue weighted by molar-refractivity contribution is 7.99. The van der Waals surface area contributed by atoms with Crippen molar-refractivity contribution in [1.29, 1.82) is 0 Å². The molecule has 2 aromatic rings. The van der Waals surface area contributed by atoms with Gasteiger partial charge in [0.25, 0.3) is 5.91 Å². The second-order valence-electron chi connectivity index (χ2n) is 6.18. The third-order valence-corrected chi connectivity index (χ3v) is 5.32.